The monoisotopic (exact) mass is 1020 g/mol. The Bertz CT molecular complexity index is 2070. The van der Waals surface area contributed by atoms with Gasteiger partial charge in [0, 0.05) is 37.1 Å². The number of imidazole rings is 1. The van der Waals surface area contributed by atoms with Crippen LogP contribution >= 0.6 is 43.1 Å². The van der Waals surface area contributed by atoms with Crippen LogP contribution in [0.3, 0.4) is 0 Å². The van der Waals surface area contributed by atoms with Crippen molar-refractivity contribution in [2.75, 3.05) is 37.8 Å². The molecule has 12 N–H and O–H groups in total. The molecule has 0 spiro atoms. The zero-order valence-corrected chi connectivity index (χ0v) is 39.2. The number of aromatic nitrogens is 4. The minimum atomic E-state index is -5.60. The van der Waals surface area contributed by atoms with Crippen molar-refractivity contribution >= 4 is 77.0 Å². The fraction of sp³-hybridized carbons (Fsp3) is 0.742. The number of hydrogen-bond acceptors (Lipinski definition) is 20. The molecule has 3 unspecified atom stereocenters. The number of anilines is 1. The lowest BCUT2D eigenvalue weighted by molar-refractivity contribution is -0.137. The summed E-state index contributed by atoms with van der Waals surface area (Å²) in [7, 11) is -21.2. The van der Waals surface area contributed by atoms with E-state index in [0.717, 1.165) is 48.2 Å². The number of aliphatic hydroxyl groups excluding tert-OH is 2. The van der Waals surface area contributed by atoms with Crippen molar-refractivity contribution in [1.82, 2.24) is 30.2 Å². The molecule has 64 heavy (non-hydrogen) atoms. The van der Waals surface area contributed by atoms with Crippen molar-refractivity contribution < 1.29 is 99.4 Å². The maximum absolute atomic E-state index is 12.7. The fourth-order valence-corrected chi connectivity index (χ4v) is 10.0. The molecular formula is C31H55N7O21P4S. The molecule has 1 saturated heterocycles. The number of nitrogen functional groups attached to an aromatic ring is 1. The highest BCUT2D eigenvalue weighted by atomic mass is 32.2. The minimum Gasteiger partial charge on any atom is -0.386 e. The average molecular weight is 1020 g/mol. The second kappa shape index (κ2) is 24.6. The predicted molar refractivity (Wildman–Crippen MR) is 222 cm³/mol. The Kier molecular flexibility index (Phi) is 21.5. The van der Waals surface area contributed by atoms with E-state index in [1.165, 1.54) is 13.8 Å². The molecule has 0 bridgehead atoms. The molecule has 1 aliphatic heterocycles. The normalized spacial score (nSPS) is 21.2. The van der Waals surface area contributed by atoms with E-state index in [2.05, 4.69) is 34.4 Å². The molecule has 0 aliphatic carbocycles. The van der Waals surface area contributed by atoms with Gasteiger partial charge in [-0.25, -0.2) is 33.2 Å². The quantitative estimate of drug-likeness (QED) is 0.0398. The zero-order valence-electron chi connectivity index (χ0n) is 34.8. The smallest absolute Gasteiger partial charge is 0.386 e. The van der Waals surface area contributed by atoms with Crippen LogP contribution in [-0.2, 0) is 59.8 Å². The summed E-state index contributed by atoms with van der Waals surface area (Å²) in [6.45, 7) is 2.20. The number of unbranched alkanes of at least 4 members (excludes halogenated alkanes) is 3. The summed E-state index contributed by atoms with van der Waals surface area (Å²) in [6.07, 6.45) is -3.92. The lowest BCUT2D eigenvalue weighted by Crippen LogP contribution is -2.46. The van der Waals surface area contributed by atoms with E-state index in [-0.39, 0.29) is 60.2 Å². The molecule has 2 aromatic heterocycles. The summed E-state index contributed by atoms with van der Waals surface area (Å²) >= 11 is 0.913. The van der Waals surface area contributed by atoms with Crippen LogP contribution in [0.25, 0.3) is 11.2 Å². The molecule has 2 amide bonds. The van der Waals surface area contributed by atoms with E-state index >= 15 is 0 Å². The Labute approximate surface area is 370 Å². The number of hydrogen-bond donors (Lipinski definition) is 11. The van der Waals surface area contributed by atoms with Gasteiger partial charge in [-0.1, -0.05) is 58.2 Å². The van der Waals surface area contributed by atoms with Gasteiger partial charge in [-0.15, -0.1) is 0 Å². The van der Waals surface area contributed by atoms with Crippen molar-refractivity contribution in [3.8, 4) is 0 Å². The number of amides is 2. The molecular weight excluding hydrogens is 962 g/mol. The summed E-state index contributed by atoms with van der Waals surface area (Å²) in [5.74, 6) is -1.41. The Hall–Kier alpha value is -2.33. The van der Waals surface area contributed by atoms with Crippen LogP contribution in [0.1, 0.15) is 78.4 Å². The molecule has 0 saturated carbocycles. The topological polar surface area (TPSA) is 430 Å². The number of phosphoric ester groups is 4. The van der Waals surface area contributed by atoms with Gasteiger partial charge in [0.25, 0.3) is 0 Å². The van der Waals surface area contributed by atoms with Crippen LogP contribution in [0, 0.1) is 5.41 Å². The third-order valence-electron chi connectivity index (χ3n) is 9.10. The Morgan fingerprint density at radius 1 is 0.938 bits per heavy atom. The first-order valence-corrected chi connectivity index (χ1v) is 26.5. The average Bonchev–Trinajstić information content (AvgIpc) is 3.74. The summed E-state index contributed by atoms with van der Waals surface area (Å²) < 4.78 is 78.3. The molecule has 0 radical (unpaired) electrons. The number of fused-ring (bicyclic) bond motifs is 1. The van der Waals surface area contributed by atoms with Crippen molar-refractivity contribution in [1.29, 1.82) is 0 Å². The van der Waals surface area contributed by atoms with Crippen LogP contribution in [0.2, 0.25) is 0 Å². The van der Waals surface area contributed by atoms with Gasteiger partial charge in [0.05, 0.1) is 25.6 Å². The highest BCUT2D eigenvalue weighted by Crippen LogP contribution is 2.61. The standard InChI is InChI=1S/C31H55N7O21P4S/c1-4-5-6-7-8-19(57-60(44,45)46)9-10-22(40)64-14-13-33-21(39)11-12-34-29(43)26(42)31(2,3)16-55-63(52,53)59-62(50,51)54-15-20-25(58-61(47,48)49)24(41)30(56-20)38-18-37-23-27(32)35-17-36-28(23)38/h17-20,24-26,30,41-42H,4-16H2,1-3H3,(H,33,39)(H,34,43)(H,50,51)(H,52,53)(H2,32,35,36)(H2,44,45,46)(H2,47,48,49)/t19?,20-,24-,25-,26+,30-/m1/s1. The molecule has 3 rings (SSSR count). The maximum atomic E-state index is 12.7. The molecule has 8 atom stereocenters. The van der Waals surface area contributed by atoms with Crippen molar-refractivity contribution in [2.45, 2.75) is 109 Å². The Morgan fingerprint density at radius 2 is 1.62 bits per heavy atom. The molecule has 1 aliphatic rings. The number of carbonyl (C=O) groups excluding carboxylic acids is 3. The van der Waals surface area contributed by atoms with E-state index in [1.807, 2.05) is 6.92 Å². The number of phosphoric acid groups is 4. The maximum Gasteiger partial charge on any atom is 0.481 e. The second-order valence-electron chi connectivity index (χ2n) is 14.9. The van der Waals surface area contributed by atoms with Gasteiger partial charge in [0.1, 0.15) is 36.3 Å². The number of nitrogens with two attached hydrogens (primary N) is 1. The summed E-state index contributed by atoms with van der Waals surface area (Å²) in [5, 5.41) is 26.1. The van der Waals surface area contributed by atoms with Crippen LogP contribution in [0.15, 0.2) is 12.7 Å². The Morgan fingerprint density at radius 3 is 2.28 bits per heavy atom. The van der Waals surface area contributed by atoms with Gasteiger partial charge in [-0.2, -0.15) is 4.31 Å². The first kappa shape index (κ1) is 56.0. The molecule has 33 heteroatoms. The van der Waals surface area contributed by atoms with Crippen molar-refractivity contribution in [3.05, 3.63) is 12.7 Å². The number of ether oxygens (including phenoxy) is 1. The van der Waals surface area contributed by atoms with E-state index in [0.29, 0.717) is 12.8 Å². The van der Waals surface area contributed by atoms with Gasteiger partial charge in [0.2, 0.25) is 11.8 Å². The van der Waals surface area contributed by atoms with Crippen LogP contribution in [-0.4, -0.2) is 139 Å². The van der Waals surface area contributed by atoms with E-state index in [1.54, 1.807) is 0 Å². The SMILES string of the molecule is CCCCCCC(CCC(=O)SCCNC(=O)CCNC(=O)[C@H](O)C(C)(C)COP(=O)(O)OP(=O)(O)OC[C@H]1O[C@@H](n2cnc3c(N)ncnc32)[C@H](O)[C@@H]1OP(=O)(O)O)OP(=O)(O)O. The van der Waals surface area contributed by atoms with Crippen LogP contribution in [0.4, 0.5) is 5.82 Å². The van der Waals surface area contributed by atoms with E-state index in [9.17, 15) is 72.2 Å². The fourth-order valence-electron chi connectivity index (χ4n) is 5.89. The molecule has 366 valence electrons. The second-order valence-corrected chi connectivity index (χ2v) is 21.5. The first-order chi connectivity index (χ1) is 29.6. The predicted octanol–water partition coefficient (Wildman–Crippen LogP) is 0.893. The van der Waals surface area contributed by atoms with Gasteiger partial charge in [-0.3, -0.25) is 37.0 Å². The van der Waals surface area contributed by atoms with Crippen LogP contribution < -0.4 is 16.4 Å². The minimum absolute atomic E-state index is 0.00105. The molecule has 1 fully saturated rings. The van der Waals surface area contributed by atoms with Gasteiger partial charge < -0.3 is 60.7 Å². The third-order valence-corrected chi connectivity index (χ3v) is 13.7. The number of rotatable bonds is 29. The number of thioether (sulfide) groups is 1. The highest BCUT2D eigenvalue weighted by Gasteiger charge is 2.50. The van der Waals surface area contributed by atoms with Gasteiger partial charge in [0.15, 0.2) is 22.8 Å². The van der Waals surface area contributed by atoms with Crippen LogP contribution in [0.5, 0.6) is 0 Å². The lowest BCUT2D eigenvalue weighted by Gasteiger charge is -2.30. The van der Waals surface area contributed by atoms with E-state index < -0.39 is 98.5 Å². The first-order valence-electron chi connectivity index (χ1n) is 19.4. The zero-order chi connectivity index (χ0) is 48.1. The highest BCUT2D eigenvalue weighted by molar-refractivity contribution is 8.13. The largest absolute Gasteiger partial charge is 0.481 e. The molecule has 0 aromatic carbocycles. The molecule has 2 aromatic rings. The number of nitrogens with one attached hydrogen (secondary N) is 2. The lowest BCUT2D eigenvalue weighted by atomic mass is 9.87. The van der Waals surface area contributed by atoms with Gasteiger partial charge in [-0.05, 0) is 12.8 Å². The third kappa shape index (κ3) is 19.1. The Balaban J connectivity index is 1.41. The molecule has 28 nitrogen and oxygen atoms in total. The summed E-state index contributed by atoms with van der Waals surface area (Å²) in [4.78, 5) is 107. The molecule has 3 heterocycles. The number of nitrogens with zero attached hydrogens (tertiary/aromatic N) is 4. The van der Waals surface area contributed by atoms with Crippen molar-refractivity contribution in [3.63, 3.8) is 0 Å². The van der Waals surface area contributed by atoms with E-state index in [4.69, 9.17) is 24.0 Å². The summed E-state index contributed by atoms with van der Waals surface area (Å²) in [6, 6.07) is 0. The van der Waals surface area contributed by atoms with Gasteiger partial charge >= 0.3 is 31.3 Å². The summed E-state index contributed by atoms with van der Waals surface area (Å²) in [5.41, 5.74) is 4.19. The number of aliphatic hydroxyl groups is 2. The van der Waals surface area contributed by atoms with Crippen molar-refractivity contribution in [2.24, 2.45) is 5.41 Å². The number of carbonyl (C=O) groups is 3.